The van der Waals surface area contributed by atoms with Gasteiger partial charge in [-0.2, -0.15) is 13.2 Å². The van der Waals surface area contributed by atoms with Crippen LogP contribution < -0.4 is 10.1 Å². The molecular weight excluding hydrogens is 428 g/mol. The maximum atomic E-state index is 13.8. The topological polar surface area (TPSA) is 71.5 Å². The molecule has 1 saturated heterocycles. The third kappa shape index (κ3) is 7.14. The minimum atomic E-state index is -5.08. The van der Waals surface area contributed by atoms with E-state index in [0.29, 0.717) is 28.3 Å². The summed E-state index contributed by atoms with van der Waals surface area (Å²) >= 11 is 5.76. The molecule has 2 aromatic rings. The molecule has 0 saturated carbocycles. The predicted molar refractivity (Wildman–Crippen MR) is 103 cm³/mol. The van der Waals surface area contributed by atoms with Crippen LogP contribution in [0.2, 0.25) is 5.02 Å². The number of halogens is 5. The lowest BCUT2D eigenvalue weighted by molar-refractivity contribution is -0.192. The van der Waals surface area contributed by atoms with Gasteiger partial charge in [-0.15, -0.1) is 0 Å². The van der Waals surface area contributed by atoms with Gasteiger partial charge in [0.2, 0.25) is 5.88 Å². The predicted octanol–water partition coefficient (Wildman–Crippen LogP) is 4.80. The van der Waals surface area contributed by atoms with Crippen LogP contribution >= 0.6 is 11.6 Å². The number of pyridine rings is 1. The quantitative estimate of drug-likeness (QED) is 0.657. The van der Waals surface area contributed by atoms with E-state index >= 15 is 0 Å². The normalized spacial score (nSPS) is 18.9. The largest absolute Gasteiger partial charge is 0.490 e. The third-order valence-electron chi connectivity index (χ3n) is 4.54. The summed E-state index contributed by atoms with van der Waals surface area (Å²) < 4.78 is 51.2. The molecule has 0 bridgehead atoms. The second kappa shape index (κ2) is 10.6. The van der Waals surface area contributed by atoms with Crippen LogP contribution in [-0.2, 0) is 11.4 Å². The molecule has 0 radical (unpaired) electrons. The first-order valence-corrected chi connectivity index (χ1v) is 9.50. The van der Waals surface area contributed by atoms with Crippen LogP contribution in [0.3, 0.4) is 0 Å². The number of ether oxygens (including phenoxy) is 1. The van der Waals surface area contributed by atoms with E-state index in [1.807, 2.05) is 18.2 Å². The Morgan fingerprint density at radius 3 is 2.63 bits per heavy atom. The molecule has 0 aliphatic carbocycles. The Kier molecular flexibility index (Phi) is 8.43. The minimum Gasteiger partial charge on any atom is -0.475 e. The van der Waals surface area contributed by atoms with E-state index < -0.39 is 12.1 Å². The summed E-state index contributed by atoms with van der Waals surface area (Å²) in [5.74, 6) is -1.61. The van der Waals surface area contributed by atoms with E-state index in [1.165, 1.54) is 6.07 Å². The van der Waals surface area contributed by atoms with Gasteiger partial charge in [-0.3, -0.25) is 0 Å². The zero-order valence-corrected chi connectivity index (χ0v) is 16.8. The highest BCUT2D eigenvalue weighted by Gasteiger charge is 2.38. The number of benzene rings is 1. The zero-order valence-electron chi connectivity index (χ0n) is 16.0. The Morgan fingerprint density at radius 1 is 1.33 bits per heavy atom. The van der Waals surface area contributed by atoms with Crippen LogP contribution in [0.25, 0.3) is 0 Å². The molecule has 0 spiro atoms. The number of aromatic nitrogens is 1. The molecule has 0 amide bonds. The first kappa shape index (κ1) is 23.9. The number of rotatable bonds is 4. The Labute approximate surface area is 176 Å². The van der Waals surface area contributed by atoms with Crippen LogP contribution in [0.1, 0.15) is 30.5 Å². The molecule has 1 aromatic carbocycles. The van der Waals surface area contributed by atoms with E-state index in [-0.39, 0.29) is 12.4 Å². The van der Waals surface area contributed by atoms with Crippen LogP contribution in [-0.4, -0.2) is 35.3 Å². The summed E-state index contributed by atoms with van der Waals surface area (Å²) in [6.45, 7) is 4.39. The van der Waals surface area contributed by atoms with Gasteiger partial charge in [0.15, 0.2) is 0 Å². The van der Waals surface area contributed by atoms with Crippen molar-refractivity contribution in [3.05, 3.63) is 58.5 Å². The number of piperidine rings is 1. The Morgan fingerprint density at radius 2 is 2.03 bits per heavy atom. The molecule has 2 heterocycles. The summed E-state index contributed by atoms with van der Waals surface area (Å²) in [6.07, 6.45) is -4.01. The number of hydrogen-bond acceptors (Lipinski definition) is 4. The standard InChI is InChI=1S/C18H20ClFN2O.C2HF3O2/c1-12-10-21-8-7-15(12)17-3-2-4-18(22-17)23-11-13-5-6-14(19)9-16(13)20;3-2(4,5)1(6)7/h2-6,9,12,15,21H,7-8,10-11H2,1H3;(H,6,7)/t12-,15-;/m0./s1. The fraction of sp³-hybridized carbons (Fsp3) is 0.400. The van der Waals surface area contributed by atoms with E-state index in [9.17, 15) is 17.6 Å². The lowest BCUT2D eigenvalue weighted by Crippen LogP contribution is -2.34. The van der Waals surface area contributed by atoms with Gasteiger partial charge < -0.3 is 15.2 Å². The van der Waals surface area contributed by atoms with Crippen molar-refractivity contribution >= 4 is 17.6 Å². The molecule has 0 unspecified atom stereocenters. The molecule has 5 nitrogen and oxygen atoms in total. The van der Waals surface area contributed by atoms with Crippen molar-refractivity contribution in [1.82, 2.24) is 10.3 Å². The zero-order chi connectivity index (χ0) is 22.3. The maximum Gasteiger partial charge on any atom is 0.490 e. The van der Waals surface area contributed by atoms with Crippen molar-refractivity contribution in [2.24, 2.45) is 5.92 Å². The van der Waals surface area contributed by atoms with Gasteiger partial charge in [-0.1, -0.05) is 30.7 Å². The van der Waals surface area contributed by atoms with E-state index in [1.54, 1.807) is 12.1 Å². The molecule has 1 aliphatic heterocycles. The molecule has 2 atom stereocenters. The number of carboxylic acid groups (broad SMARTS) is 1. The van der Waals surface area contributed by atoms with Gasteiger partial charge in [0.05, 0.1) is 0 Å². The monoisotopic (exact) mass is 448 g/mol. The minimum absolute atomic E-state index is 0.140. The lowest BCUT2D eigenvalue weighted by Gasteiger charge is -2.29. The summed E-state index contributed by atoms with van der Waals surface area (Å²) in [5.41, 5.74) is 1.52. The van der Waals surface area contributed by atoms with Crippen LogP contribution in [0.4, 0.5) is 17.6 Å². The van der Waals surface area contributed by atoms with Crippen LogP contribution in [0, 0.1) is 11.7 Å². The molecule has 1 fully saturated rings. The van der Waals surface area contributed by atoms with Crippen LogP contribution in [0.15, 0.2) is 36.4 Å². The van der Waals surface area contributed by atoms with Gasteiger partial charge in [0, 0.05) is 28.3 Å². The van der Waals surface area contributed by atoms with Crippen molar-refractivity contribution in [1.29, 1.82) is 0 Å². The fourth-order valence-corrected chi connectivity index (χ4v) is 3.12. The number of carbonyl (C=O) groups is 1. The number of nitrogens with zero attached hydrogens (tertiary/aromatic N) is 1. The molecule has 30 heavy (non-hydrogen) atoms. The summed E-state index contributed by atoms with van der Waals surface area (Å²) in [4.78, 5) is 13.5. The molecule has 1 aliphatic rings. The number of aliphatic carboxylic acids is 1. The van der Waals surface area contributed by atoms with Gasteiger partial charge in [0.1, 0.15) is 12.4 Å². The first-order chi connectivity index (χ1) is 14.1. The van der Waals surface area contributed by atoms with E-state index in [2.05, 4.69) is 17.2 Å². The second-order valence-electron chi connectivity index (χ2n) is 6.80. The highest BCUT2D eigenvalue weighted by Crippen LogP contribution is 2.29. The average Bonchev–Trinajstić information content (AvgIpc) is 2.68. The molecular formula is C20H21ClF4N2O3. The Hall–Kier alpha value is -2.39. The van der Waals surface area contributed by atoms with Gasteiger partial charge in [-0.25, -0.2) is 14.2 Å². The molecule has 2 N–H and O–H groups in total. The van der Waals surface area contributed by atoms with Crippen LogP contribution in [0.5, 0.6) is 5.88 Å². The van der Waals surface area contributed by atoms with Gasteiger partial charge in [0.25, 0.3) is 0 Å². The smallest absolute Gasteiger partial charge is 0.475 e. The van der Waals surface area contributed by atoms with Crippen molar-refractivity contribution in [3.63, 3.8) is 0 Å². The summed E-state index contributed by atoms with van der Waals surface area (Å²) in [5, 5.41) is 10.9. The van der Waals surface area contributed by atoms with Crippen molar-refractivity contribution in [3.8, 4) is 5.88 Å². The molecule has 1 aromatic heterocycles. The number of alkyl halides is 3. The van der Waals surface area contributed by atoms with E-state index in [4.69, 9.17) is 26.2 Å². The second-order valence-corrected chi connectivity index (χ2v) is 7.24. The number of hydrogen-bond donors (Lipinski definition) is 2. The molecule has 164 valence electrons. The average molecular weight is 449 g/mol. The Balaban J connectivity index is 0.000000396. The van der Waals surface area contributed by atoms with Gasteiger partial charge in [-0.05, 0) is 43.6 Å². The fourth-order valence-electron chi connectivity index (χ4n) is 2.96. The van der Waals surface area contributed by atoms with Crippen molar-refractivity contribution in [2.75, 3.05) is 13.1 Å². The number of carboxylic acids is 1. The highest BCUT2D eigenvalue weighted by molar-refractivity contribution is 6.30. The third-order valence-corrected chi connectivity index (χ3v) is 4.78. The maximum absolute atomic E-state index is 13.8. The van der Waals surface area contributed by atoms with Gasteiger partial charge >= 0.3 is 12.1 Å². The molecule has 3 rings (SSSR count). The van der Waals surface area contributed by atoms with Crippen molar-refractivity contribution in [2.45, 2.75) is 32.0 Å². The van der Waals surface area contributed by atoms with Crippen molar-refractivity contribution < 1.29 is 32.2 Å². The summed E-state index contributed by atoms with van der Waals surface area (Å²) in [6, 6.07) is 10.4. The lowest BCUT2D eigenvalue weighted by atomic mass is 9.85. The molecule has 10 heteroatoms. The highest BCUT2D eigenvalue weighted by atomic mass is 35.5. The summed E-state index contributed by atoms with van der Waals surface area (Å²) in [7, 11) is 0. The Bertz CT molecular complexity index is 864. The first-order valence-electron chi connectivity index (χ1n) is 9.12. The number of nitrogens with one attached hydrogen (secondary N) is 1. The van der Waals surface area contributed by atoms with E-state index in [0.717, 1.165) is 25.2 Å². The SMILES string of the molecule is C[C@H]1CNCC[C@@H]1c1cccc(OCc2ccc(Cl)cc2F)n1.O=C(O)C(F)(F)F.